The molecule has 0 amide bonds. The first kappa shape index (κ1) is 20.7. The smallest absolute Gasteiger partial charge is 0.338 e. The monoisotopic (exact) mass is 391 g/mol. The Labute approximate surface area is 158 Å². The highest BCUT2D eigenvalue weighted by Crippen LogP contribution is 2.21. The van der Waals surface area contributed by atoms with Gasteiger partial charge in [0.1, 0.15) is 5.92 Å². The number of ketones is 1. The SMILES string of the molecule is CC(=N)C(C#N)C(=O)COC(=O)c1ccc(S(=O)(=O)N2CCCCC2)cc1. The van der Waals surface area contributed by atoms with Gasteiger partial charge in [-0.3, -0.25) is 4.79 Å². The fourth-order valence-corrected chi connectivity index (χ4v) is 4.25. The number of sulfonamides is 1. The second-order valence-electron chi connectivity index (χ2n) is 6.28. The number of benzene rings is 1. The Bertz CT molecular complexity index is 865. The Kier molecular flexibility index (Phi) is 6.82. The highest BCUT2D eigenvalue weighted by atomic mass is 32.2. The Morgan fingerprint density at radius 3 is 2.33 bits per heavy atom. The molecule has 1 N–H and O–H groups in total. The van der Waals surface area contributed by atoms with Crippen LogP contribution in [0, 0.1) is 22.7 Å². The van der Waals surface area contributed by atoms with Gasteiger partial charge in [0.05, 0.1) is 16.5 Å². The number of nitriles is 1. The second-order valence-corrected chi connectivity index (χ2v) is 8.21. The zero-order valence-electron chi connectivity index (χ0n) is 15.0. The molecule has 1 unspecified atom stereocenters. The van der Waals surface area contributed by atoms with E-state index in [9.17, 15) is 18.0 Å². The highest BCUT2D eigenvalue weighted by Gasteiger charge is 2.26. The largest absolute Gasteiger partial charge is 0.454 e. The first-order chi connectivity index (χ1) is 12.8. The molecule has 0 saturated carbocycles. The average molecular weight is 391 g/mol. The van der Waals surface area contributed by atoms with Crippen molar-refractivity contribution in [2.75, 3.05) is 19.7 Å². The summed E-state index contributed by atoms with van der Waals surface area (Å²) in [5.74, 6) is -2.72. The van der Waals surface area contributed by atoms with Gasteiger partial charge in [0.15, 0.2) is 12.4 Å². The summed E-state index contributed by atoms with van der Waals surface area (Å²) in [6, 6.07) is 7.01. The number of carbonyl (C=O) groups excluding carboxylic acids is 2. The third-order valence-electron chi connectivity index (χ3n) is 4.27. The Morgan fingerprint density at radius 2 is 1.81 bits per heavy atom. The lowest BCUT2D eigenvalue weighted by molar-refractivity contribution is -0.122. The third kappa shape index (κ3) is 4.99. The van der Waals surface area contributed by atoms with E-state index in [0.29, 0.717) is 13.1 Å². The number of hydrogen-bond acceptors (Lipinski definition) is 7. The van der Waals surface area contributed by atoms with Crippen molar-refractivity contribution in [2.45, 2.75) is 31.1 Å². The standard InChI is InChI=1S/C18H21N3O5S/c1-13(20)16(11-19)17(22)12-26-18(23)14-5-7-15(8-6-14)27(24,25)21-9-3-2-4-10-21/h5-8,16,20H,2-4,9-10,12H2,1H3. The second kappa shape index (κ2) is 8.88. The molecule has 1 heterocycles. The van der Waals surface area contributed by atoms with Gasteiger partial charge in [0, 0.05) is 18.8 Å². The first-order valence-electron chi connectivity index (χ1n) is 8.52. The molecular weight excluding hydrogens is 370 g/mol. The number of hydrogen-bond donors (Lipinski definition) is 1. The normalized spacial score (nSPS) is 16.1. The number of esters is 1. The van der Waals surface area contributed by atoms with Crippen LogP contribution in [0.15, 0.2) is 29.2 Å². The zero-order chi connectivity index (χ0) is 20.0. The van der Waals surface area contributed by atoms with Crippen LogP contribution in [0.1, 0.15) is 36.5 Å². The van der Waals surface area contributed by atoms with Crippen LogP contribution in [-0.2, 0) is 19.6 Å². The lowest BCUT2D eigenvalue weighted by atomic mass is 10.0. The van der Waals surface area contributed by atoms with Crippen molar-refractivity contribution in [1.29, 1.82) is 10.7 Å². The molecule has 1 atom stereocenters. The van der Waals surface area contributed by atoms with E-state index in [1.54, 1.807) is 6.07 Å². The van der Waals surface area contributed by atoms with E-state index in [1.165, 1.54) is 35.5 Å². The van der Waals surface area contributed by atoms with Gasteiger partial charge in [0.2, 0.25) is 10.0 Å². The summed E-state index contributed by atoms with van der Waals surface area (Å²) >= 11 is 0. The molecule has 1 aliphatic heterocycles. The van der Waals surface area contributed by atoms with Crippen molar-refractivity contribution in [1.82, 2.24) is 4.31 Å². The zero-order valence-corrected chi connectivity index (χ0v) is 15.8. The van der Waals surface area contributed by atoms with Gasteiger partial charge in [-0.05, 0) is 44.0 Å². The summed E-state index contributed by atoms with van der Waals surface area (Å²) < 4.78 is 31.4. The van der Waals surface area contributed by atoms with Crippen molar-refractivity contribution in [3.63, 3.8) is 0 Å². The van der Waals surface area contributed by atoms with Gasteiger partial charge in [-0.25, -0.2) is 13.2 Å². The van der Waals surface area contributed by atoms with Gasteiger partial charge in [-0.15, -0.1) is 0 Å². The summed E-state index contributed by atoms with van der Waals surface area (Å²) in [6.45, 7) is 1.68. The first-order valence-corrected chi connectivity index (χ1v) is 9.96. The minimum atomic E-state index is -3.59. The summed E-state index contributed by atoms with van der Waals surface area (Å²) in [7, 11) is -3.59. The van der Waals surface area contributed by atoms with Gasteiger partial charge >= 0.3 is 5.97 Å². The molecular formula is C18H21N3O5S. The maximum absolute atomic E-state index is 12.6. The molecule has 1 fully saturated rings. The number of nitrogens with one attached hydrogen (secondary N) is 1. The molecule has 0 spiro atoms. The van der Waals surface area contributed by atoms with Crippen LogP contribution in [-0.4, -0.2) is 49.9 Å². The van der Waals surface area contributed by atoms with E-state index in [0.717, 1.165) is 19.3 Å². The Balaban J connectivity index is 2.02. The molecule has 0 bridgehead atoms. The maximum Gasteiger partial charge on any atom is 0.338 e. The van der Waals surface area contributed by atoms with Gasteiger partial charge in [0.25, 0.3) is 0 Å². The van der Waals surface area contributed by atoms with Crippen molar-refractivity contribution >= 4 is 27.5 Å². The lowest BCUT2D eigenvalue weighted by Crippen LogP contribution is -2.35. The molecule has 0 aromatic heterocycles. The van der Waals surface area contributed by atoms with Crippen molar-refractivity contribution in [3.05, 3.63) is 29.8 Å². The van der Waals surface area contributed by atoms with Gasteiger partial charge in [-0.1, -0.05) is 6.42 Å². The number of carbonyl (C=O) groups is 2. The molecule has 144 valence electrons. The molecule has 1 saturated heterocycles. The molecule has 8 nitrogen and oxygen atoms in total. The summed E-state index contributed by atoms with van der Waals surface area (Å²) in [4.78, 5) is 23.9. The van der Waals surface area contributed by atoms with E-state index in [-0.39, 0.29) is 16.2 Å². The molecule has 2 rings (SSSR count). The number of Topliss-reactive ketones (excluding diaryl/α,β-unsaturated/α-hetero) is 1. The number of nitrogens with zero attached hydrogens (tertiary/aromatic N) is 2. The molecule has 1 aromatic rings. The topological polar surface area (TPSA) is 128 Å². The fraction of sp³-hybridized carbons (Fsp3) is 0.444. The Morgan fingerprint density at radius 1 is 1.22 bits per heavy atom. The maximum atomic E-state index is 12.6. The van der Waals surface area contributed by atoms with Crippen LogP contribution in [0.5, 0.6) is 0 Å². The minimum absolute atomic E-state index is 0.0977. The third-order valence-corrected chi connectivity index (χ3v) is 6.19. The van der Waals surface area contributed by atoms with E-state index >= 15 is 0 Å². The van der Waals surface area contributed by atoms with E-state index in [4.69, 9.17) is 15.4 Å². The predicted molar refractivity (Wildman–Crippen MR) is 96.8 cm³/mol. The highest BCUT2D eigenvalue weighted by molar-refractivity contribution is 7.89. The molecule has 1 aromatic carbocycles. The molecule has 27 heavy (non-hydrogen) atoms. The van der Waals surface area contributed by atoms with Crippen LogP contribution in [0.25, 0.3) is 0 Å². The van der Waals surface area contributed by atoms with Crippen LogP contribution in [0.2, 0.25) is 0 Å². The fourth-order valence-electron chi connectivity index (χ4n) is 2.73. The van der Waals surface area contributed by atoms with Crippen molar-refractivity contribution < 1.29 is 22.7 Å². The number of piperidine rings is 1. The van der Waals surface area contributed by atoms with Crippen LogP contribution in [0.4, 0.5) is 0 Å². The summed E-state index contributed by atoms with van der Waals surface area (Å²) in [6.07, 6.45) is 2.67. The van der Waals surface area contributed by atoms with E-state index in [1.807, 2.05) is 0 Å². The molecule has 1 aliphatic rings. The predicted octanol–water partition coefficient (Wildman–Crippen LogP) is 1.77. The number of rotatable bonds is 7. The van der Waals surface area contributed by atoms with Crippen LogP contribution < -0.4 is 0 Å². The van der Waals surface area contributed by atoms with Gasteiger partial charge in [-0.2, -0.15) is 9.57 Å². The van der Waals surface area contributed by atoms with Crippen LogP contribution in [0.3, 0.4) is 0 Å². The minimum Gasteiger partial charge on any atom is -0.454 e. The average Bonchev–Trinajstić information content (AvgIpc) is 2.67. The van der Waals surface area contributed by atoms with Crippen molar-refractivity contribution in [2.24, 2.45) is 5.92 Å². The number of ether oxygens (including phenoxy) is 1. The summed E-state index contributed by atoms with van der Waals surface area (Å²) in [5.41, 5.74) is -0.0219. The molecule has 0 aliphatic carbocycles. The van der Waals surface area contributed by atoms with E-state index < -0.39 is 34.3 Å². The Hall–Kier alpha value is -2.57. The van der Waals surface area contributed by atoms with Crippen molar-refractivity contribution in [3.8, 4) is 6.07 Å². The van der Waals surface area contributed by atoms with Crippen LogP contribution >= 0.6 is 0 Å². The molecule has 9 heteroatoms. The molecule has 0 radical (unpaired) electrons. The summed E-state index contributed by atoms with van der Waals surface area (Å²) in [5, 5.41) is 16.2. The lowest BCUT2D eigenvalue weighted by Gasteiger charge is -2.25. The van der Waals surface area contributed by atoms with Gasteiger partial charge < -0.3 is 10.1 Å². The quantitative estimate of drug-likeness (QED) is 0.557. The van der Waals surface area contributed by atoms with E-state index in [2.05, 4.69) is 0 Å².